The summed E-state index contributed by atoms with van der Waals surface area (Å²) in [5, 5.41) is 0. The Balaban J connectivity index is 0.000000371. The Morgan fingerprint density at radius 2 is 2.20 bits per heavy atom. The molecule has 0 aromatic rings. The van der Waals surface area contributed by atoms with Crippen molar-refractivity contribution in [2.24, 2.45) is 5.92 Å². The second-order valence-corrected chi connectivity index (χ2v) is 1.86. The van der Waals surface area contributed by atoms with Gasteiger partial charge in [-0.25, -0.2) is 0 Å². The molecule has 3 heteroatoms. The van der Waals surface area contributed by atoms with Crippen LogP contribution in [0.4, 0.5) is 4.39 Å². The van der Waals surface area contributed by atoms with Crippen molar-refractivity contribution in [2.45, 2.75) is 20.3 Å². The lowest BCUT2D eigenvalue weighted by Gasteiger charge is -1.93. The highest BCUT2D eigenvalue weighted by Gasteiger charge is 2.22. The molecule has 1 atom stereocenters. The average molecular weight is 148 g/mol. The minimum Gasteiger partial charge on any atom is -0.381 e. The number of carbonyl (C=O) groups excluding carboxylic acids is 1. The molecule has 1 saturated heterocycles. The van der Waals surface area contributed by atoms with Gasteiger partial charge in [0.25, 0.3) is 0 Å². The normalized spacial score (nSPS) is 23.3. The maximum Gasteiger partial charge on any atom is 0.306 e. The Morgan fingerprint density at radius 3 is 2.40 bits per heavy atom. The van der Waals surface area contributed by atoms with E-state index in [1.165, 1.54) is 0 Å². The number of ether oxygens (including phenoxy) is 1. The van der Waals surface area contributed by atoms with Gasteiger partial charge in [0.1, 0.15) is 0 Å². The molecule has 0 aromatic carbocycles. The lowest BCUT2D eigenvalue weighted by atomic mass is 10.1. The summed E-state index contributed by atoms with van der Waals surface area (Å²) in [6, 6.07) is -1.23. The summed E-state index contributed by atoms with van der Waals surface area (Å²) in [4.78, 5) is 9.90. The Morgan fingerprint density at radius 1 is 1.60 bits per heavy atom. The van der Waals surface area contributed by atoms with E-state index in [0.29, 0.717) is 13.0 Å². The van der Waals surface area contributed by atoms with Crippen LogP contribution in [0.1, 0.15) is 20.3 Å². The molecule has 0 spiro atoms. The molecule has 1 aliphatic rings. The molecule has 1 fully saturated rings. The van der Waals surface area contributed by atoms with E-state index >= 15 is 0 Å². The first kappa shape index (κ1) is 9.56. The molecule has 1 unspecified atom stereocenters. The smallest absolute Gasteiger partial charge is 0.306 e. The van der Waals surface area contributed by atoms with Gasteiger partial charge in [0.15, 0.2) is 0 Å². The summed E-state index contributed by atoms with van der Waals surface area (Å²) in [6.07, 6.45) is 0.551. The van der Waals surface area contributed by atoms with Crippen LogP contribution in [0.5, 0.6) is 0 Å². The molecule has 0 radical (unpaired) electrons. The van der Waals surface area contributed by atoms with Crippen molar-refractivity contribution < 1.29 is 13.9 Å². The van der Waals surface area contributed by atoms with Crippen LogP contribution >= 0.6 is 0 Å². The fraction of sp³-hybridized carbons (Fsp3) is 0.857. The van der Waals surface area contributed by atoms with Crippen molar-refractivity contribution in [3.8, 4) is 0 Å². The van der Waals surface area contributed by atoms with E-state index in [1.807, 2.05) is 13.8 Å². The van der Waals surface area contributed by atoms with E-state index in [1.54, 1.807) is 0 Å². The largest absolute Gasteiger partial charge is 0.381 e. The number of rotatable bonds is 1. The van der Waals surface area contributed by atoms with Crippen molar-refractivity contribution in [2.75, 3.05) is 13.2 Å². The van der Waals surface area contributed by atoms with E-state index in [0.717, 1.165) is 0 Å². The summed E-state index contributed by atoms with van der Waals surface area (Å²) in [7, 11) is 0. The van der Waals surface area contributed by atoms with Gasteiger partial charge in [0.05, 0.1) is 12.5 Å². The van der Waals surface area contributed by atoms with Crippen molar-refractivity contribution in [1.29, 1.82) is 0 Å². The summed E-state index contributed by atoms with van der Waals surface area (Å²) in [6.45, 7) is 4.80. The van der Waals surface area contributed by atoms with E-state index in [4.69, 9.17) is 4.74 Å². The molecule has 0 saturated carbocycles. The van der Waals surface area contributed by atoms with Gasteiger partial charge < -0.3 is 4.74 Å². The van der Waals surface area contributed by atoms with Crippen LogP contribution < -0.4 is 0 Å². The van der Waals surface area contributed by atoms with Gasteiger partial charge in [-0.15, -0.1) is 0 Å². The molecule has 0 aliphatic carbocycles. The SMILES string of the molecule is CC.O=C(F)C1CCOC1. The highest BCUT2D eigenvalue weighted by molar-refractivity contribution is 5.71. The van der Waals surface area contributed by atoms with E-state index in [2.05, 4.69) is 0 Å². The lowest BCUT2D eigenvalue weighted by Crippen LogP contribution is -2.07. The van der Waals surface area contributed by atoms with Crippen LogP contribution in [0.15, 0.2) is 0 Å². The van der Waals surface area contributed by atoms with Gasteiger partial charge in [-0.05, 0) is 6.42 Å². The van der Waals surface area contributed by atoms with Gasteiger partial charge in [0, 0.05) is 6.61 Å². The van der Waals surface area contributed by atoms with Crippen LogP contribution in [0.2, 0.25) is 0 Å². The maximum absolute atomic E-state index is 11.7. The predicted molar refractivity (Wildman–Crippen MR) is 36.4 cm³/mol. The van der Waals surface area contributed by atoms with Gasteiger partial charge >= 0.3 is 6.04 Å². The molecule has 0 bridgehead atoms. The number of halogens is 1. The molecule has 2 nitrogen and oxygen atoms in total. The standard InChI is InChI=1S/C5H7FO2.C2H6/c6-5(7)4-1-2-8-3-4;1-2/h4H,1-3H2;1-2H3. The fourth-order valence-electron chi connectivity index (χ4n) is 0.714. The van der Waals surface area contributed by atoms with Gasteiger partial charge in [-0.2, -0.15) is 4.39 Å². The third kappa shape index (κ3) is 2.92. The first-order chi connectivity index (χ1) is 4.80. The van der Waals surface area contributed by atoms with Crippen LogP contribution in [0.3, 0.4) is 0 Å². The van der Waals surface area contributed by atoms with Crippen molar-refractivity contribution in [1.82, 2.24) is 0 Å². The molecular formula is C7H13FO2. The average Bonchev–Trinajstić information content (AvgIpc) is 2.42. The first-order valence-electron chi connectivity index (χ1n) is 3.58. The topological polar surface area (TPSA) is 26.3 Å². The summed E-state index contributed by atoms with van der Waals surface area (Å²) in [5.41, 5.74) is 0. The Hall–Kier alpha value is -0.440. The molecular weight excluding hydrogens is 135 g/mol. The molecule has 10 heavy (non-hydrogen) atoms. The van der Waals surface area contributed by atoms with Crippen molar-refractivity contribution in [3.63, 3.8) is 0 Å². The summed E-state index contributed by atoms with van der Waals surface area (Å²) < 4.78 is 16.4. The monoisotopic (exact) mass is 148 g/mol. The first-order valence-corrected chi connectivity index (χ1v) is 3.58. The fourth-order valence-corrected chi connectivity index (χ4v) is 0.714. The highest BCUT2D eigenvalue weighted by atomic mass is 19.1. The van der Waals surface area contributed by atoms with E-state index in [-0.39, 0.29) is 6.61 Å². The molecule has 0 aromatic heterocycles. The number of carbonyl (C=O) groups is 1. The van der Waals surface area contributed by atoms with Gasteiger partial charge in [-0.1, -0.05) is 13.8 Å². The zero-order valence-electron chi connectivity index (χ0n) is 6.39. The van der Waals surface area contributed by atoms with Crippen LogP contribution in [-0.2, 0) is 9.53 Å². The predicted octanol–water partition coefficient (Wildman–Crippen LogP) is 1.55. The van der Waals surface area contributed by atoms with Crippen LogP contribution in [0, 0.1) is 5.92 Å². The molecule has 1 aliphatic heterocycles. The number of hydrogen-bond donors (Lipinski definition) is 0. The summed E-state index contributed by atoms with van der Waals surface area (Å²) >= 11 is 0. The molecule has 0 N–H and O–H groups in total. The lowest BCUT2D eigenvalue weighted by molar-refractivity contribution is -0.133. The highest BCUT2D eigenvalue weighted by Crippen LogP contribution is 2.12. The second-order valence-electron chi connectivity index (χ2n) is 1.86. The maximum atomic E-state index is 11.7. The minimum absolute atomic E-state index is 0.273. The molecule has 1 rings (SSSR count). The Kier molecular flexibility index (Phi) is 5.12. The molecule has 60 valence electrons. The molecule has 0 amide bonds. The third-order valence-corrected chi connectivity index (χ3v) is 1.25. The summed E-state index contributed by atoms with van der Waals surface area (Å²) in [5.74, 6) is -0.463. The quantitative estimate of drug-likeness (QED) is 0.527. The van der Waals surface area contributed by atoms with E-state index in [9.17, 15) is 9.18 Å². The Labute approximate surface area is 60.4 Å². The molecule has 1 heterocycles. The van der Waals surface area contributed by atoms with Gasteiger partial charge in [0.2, 0.25) is 0 Å². The zero-order chi connectivity index (χ0) is 7.98. The zero-order valence-corrected chi connectivity index (χ0v) is 6.39. The Bertz CT molecular complexity index is 97.8. The number of hydrogen-bond acceptors (Lipinski definition) is 2. The van der Waals surface area contributed by atoms with Crippen molar-refractivity contribution >= 4 is 6.04 Å². The second kappa shape index (κ2) is 5.35. The van der Waals surface area contributed by atoms with Crippen molar-refractivity contribution in [3.05, 3.63) is 0 Å². The van der Waals surface area contributed by atoms with E-state index < -0.39 is 12.0 Å². The van der Waals surface area contributed by atoms with Crippen LogP contribution in [-0.4, -0.2) is 19.3 Å². The van der Waals surface area contributed by atoms with Gasteiger partial charge in [-0.3, -0.25) is 4.79 Å². The third-order valence-electron chi connectivity index (χ3n) is 1.25. The minimum atomic E-state index is -1.23. The van der Waals surface area contributed by atoms with Crippen LogP contribution in [0.25, 0.3) is 0 Å².